The first-order valence-corrected chi connectivity index (χ1v) is 6.36. The second-order valence-corrected chi connectivity index (χ2v) is 4.96. The fourth-order valence-electron chi connectivity index (χ4n) is 1.75. The zero-order valence-electron chi connectivity index (χ0n) is 9.52. The molecule has 0 radical (unpaired) electrons. The maximum atomic E-state index is 5.60. The SMILES string of the molecule is CN=CC(=CN)c1ccc2cc(I)ccc2c1. The lowest BCUT2D eigenvalue weighted by molar-refractivity contribution is 1.47. The van der Waals surface area contributed by atoms with Crippen LogP contribution in [-0.2, 0) is 0 Å². The molecule has 2 N–H and O–H groups in total. The number of halogens is 1. The van der Waals surface area contributed by atoms with Gasteiger partial charge in [0.2, 0.25) is 0 Å². The molecule has 0 unspecified atom stereocenters. The Morgan fingerprint density at radius 3 is 2.59 bits per heavy atom. The van der Waals surface area contributed by atoms with Crippen molar-refractivity contribution in [3.8, 4) is 0 Å². The zero-order chi connectivity index (χ0) is 12.3. The molecule has 0 saturated heterocycles. The molecule has 0 heterocycles. The highest BCUT2D eigenvalue weighted by Gasteiger charge is 2.00. The maximum Gasteiger partial charge on any atom is 0.0301 e. The van der Waals surface area contributed by atoms with Crippen LogP contribution in [0.3, 0.4) is 0 Å². The first-order chi connectivity index (χ1) is 8.24. The van der Waals surface area contributed by atoms with Gasteiger partial charge in [0.25, 0.3) is 0 Å². The number of benzene rings is 2. The van der Waals surface area contributed by atoms with Gasteiger partial charge in [-0.2, -0.15) is 0 Å². The molecule has 0 bridgehead atoms. The van der Waals surface area contributed by atoms with Gasteiger partial charge in [-0.3, -0.25) is 4.99 Å². The van der Waals surface area contributed by atoms with Crippen molar-refractivity contribution in [2.45, 2.75) is 0 Å². The van der Waals surface area contributed by atoms with Crippen molar-refractivity contribution >= 4 is 45.2 Å². The van der Waals surface area contributed by atoms with Crippen LogP contribution < -0.4 is 5.73 Å². The minimum atomic E-state index is 0.938. The van der Waals surface area contributed by atoms with E-state index in [1.165, 1.54) is 14.3 Å². The number of allylic oxidation sites excluding steroid dienone is 1. The Kier molecular flexibility index (Phi) is 3.78. The lowest BCUT2D eigenvalue weighted by Crippen LogP contribution is -1.91. The van der Waals surface area contributed by atoms with Gasteiger partial charge in [-0.05, 0) is 57.1 Å². The molecular weight excluding hydrogens is 323 g/mol. The van der Waals surface area contributed by atoms with Crippen LogP contribution >= 0.6 is 22.6 Å². The third-order valence-electron chi connectivity index (χ3n) is 2.58. The Morgan fingerprint density at radius 1 is 1.18 bits per heavy atom. The van der Waals surface area contributed by atoms with E-state index in [2.05, 4.69) is 64.0 Å². The van der Waals surface area contributed by atoms with Crippen molar-refractivity contribution in [1.29, 1.82) is 0 Å². The third-order valence-corrected chi connectivity index (χ3v) is 3.25. The molecule has 2 aromatic carbocycles. The van der Waals surface area contributed by atoms with Crippen LogP contribution in [0.1, 0.15) is 5.56 Å². The molecule has 0 spiro atoms. The van der Waals surface area contributed by atoms with Gasteiger partial charge in [0.05, 0.1) is 0 Å². The molecule has 0 aliphatic rings. The van der Waals surface area contributed by atoms with Gasteiger partial charge in [-0.25, -0.2) is 0 Å². The summed E-state index contributed by atoms with van der Waals surface area (Å²) in [6.07, 6.45) is 3.36. The third kappa shape index (κ3) is 2.66. The molecule has 0 atom stereocenters. The van der Waals surface area contributed by atoms with Crippen molar-refractivity contribution in [3.63, 3.8) is 0 Å². The summed E-state index contributed by atoms with van der Waals surface area (Å²) < 4.78 is 1.24. The molecule has 17 heavy (non-hydrogen) atoms. The van der Waals surface area contributed by atoms with Gasteiger partial charge in [0.15, 0.2) is 0 Å². The summed E-state index contributed by atoms with van der Waals surface area (Å²) in [4.78, 5) is 4.00. The van der Waals surface area contributed by atoms with Gasteiger partial charge in [-0.1, -0.05) is 18.2 Å². The summed E-state index contributed by atoms with van der Waals surface area (Å²) in [5.41, 5.74) is 7.63. The van der Waals surface area contributed by atoms with E-state index in [9.17, 15) is 0 Å². The summed E-state index contributed by atoms with van der Waals surface area (Å²) in [6.45, 7) is 0. The minimum absolute atomic E-state index is 0.938. The normalized spacial score (nSPS) is 12.5. The Morgan fingerprint density at radius 2 is 1.88 bits per heavy atom. The monoisotopic (exact) mass is 336 g/mol. The Balaban J connectivity index is 2.55. The summed E-state index contributed by atoms with van der Waals surface area (Å²) in [7, 11) is 1.74. The van der Waals surface area contributed by atoms with Crippen LogP contribution in [0, 0.1) is 3.57 Å². The van der Waals surface area contributed by atoms with Crippen LogP contribution in [0.15, 0.2) is 47.6 Å². The van der Waals surface area contributed by atoms with E-state index in [-0.39, 0.29) is 0 Å². The van der Waals surface area contributed by atoms with Crippen LogP contribution in [0.5, 0.6) is 0 Å². The average Bonchev–Trinajstić information content (AvgIpc) is 2.35. The number of fused-ring (bicyclic) bond motifs is 1. The van der Waals surface area contributed by atoms with Crippen LogP contribution in [0.25, 0.3) is 16.3 Å². The molecule has 2 rings (SSSR count). The number of hydrogen-bond acceptors (Lipinski definition) is 2. The van der Waals surface area contributed by atoms with E-state index in [4.69, 9.17) is 5.73 Å². The van der Waals surface area contributed by atoms with Gasteiger partial charge in [0, 0.05) is 28.6 Å². The molecule has 0 saturated carbocycles. The molecule has 0 fully saturated rings. The van der Waals surface area contributed by atoms with Gasteiger partial charge >= 0.3 is 0 Å². The molecule has 2 nitrogen and oxygen atoms in total. The largest absolute Gasteiger partial charge is 0.404 e. The molecular formula is C14H13IN2. The summed E-state index contributed by atoms with van der Waals surface area (Å²) >= 11 is 2.32. The smallest absolute Gasteiger partial charge is 0.0301 e. The lowest BCUT2D eigenvalue weighted by atomic mass is 10.0. The number of nitrogens with zero attached hydrogens (tertiary/aromatic N) is 1. The first kappa shape index (κ1) is 12.1. The standard InChI is InChI=1S/C14H13IN2/c1-17-9-13(8-16)11-2-3-12-7-14(15)5-4-10(12)6-11/h2-9H,16H2,1H3. The van der Waals surface area contributed by atoms with E-state index in [0.717, 1.165) is 11.1 Å². The molecule has 86 valence electrons. The van der Waals surface area contributed by atoms with Crippen LogP contribution in [-0.4, -0.2) is 13.3 Å². The summed E-state index contributed by atoms with van der Waals surface area (Å²) in [5.74, 6) is 0. The quantitative estimate of drug-likeness (QED) is 0.662. The highest BCUT2D eigenvalue weighted by atomic mass is 127. The molecule has 3 heteroatoms. The van der Waals surface area contributed by atoms with Crippen molar-refractivity contribution in [1.82, 2.24) is 0 Å². The second kappa shape index (κ2) is 5.31. The second-order valence-electron chi connectivity index (χ2n) is 3.72. The molecule has 2 aromatic rings. The topological polar surface area (TPSA) is 38.4 Å². The van der Waals surface area contributed by atoms with Gasteiger partial charge < -0.3 is 5.73 Å². The van der Waals surface area contributed by atoms with E-state index < -0.39 is 0 Å². The van der Waals surface area contributed by atoms with E-state index in [1.54, 1.807) is 19.5 Å². The first-order valence-electron chi connectivity index (χ1n) is 5.28. The average molecular weight is 336 g/mol. The van der Waals surface area contributed by atoms with Crippen molar-refractivity contribution in [2.75, 3.05) is 7.05 Å². The van der Waals surface area contributed by atoms with Crippen molar-refractivity contribution < 1.29 is 0 Å². The fourth-order valence-corrected chi connectivity index (χ4v) is 2.26. The predicted molar refractivity (Wildman–Crippen MR) is 83.2 cm³/mol. The van der Waals surface area contributed by atoms with E-state index in [0.29, 0.717) is 0 Å². The van der Waals surface area contributed by atoms with E-state index in [1.807, 2.05) is 0 Å². The highest BCUT2D eigenvalue weighted by Crippen LogP contribution is 2.22. The number of nitrogens with two attached hydrogens (primary N) is 1. The van der Waals surface area contributed by atoms with E-state index >= 15 is 0 Å². The molecule has 0 aromatic heterocycles. The van der Waals surface area contributed by atoms with Crippen molar-refractivity contribution in [2.24, 2.45) is 10.7 Å². The van der Waals surface area contributed by atoms with Crippen LogP contribution in [0.4, 0.5) is 0 Å². The number of hydrogen-bond donors (Lipinski definition) is 1. The maximum absolute atomic E-state index is 5.60. The van der Waals surface area contributed by atoms with Crippen LogP contribution in [0.2, 0.25) is 0 Å². The molecule has 0 aliphatic carbocycles. The Bertz CT molecular complexity index is 600. The number of rotatable bonds is 2. The van der Waals surface area contributed by atoms with Gasteiger partial charge in [-0.15, -0.1) is 0 Å². The Labute approximate surface area is 114 Å². The highest BCUT2D eigenvalue weighted by molar-refractivity contribution is 14.1. The summed E-state index contributed by atoms with van der Waals surface area (Å²) in [5, 5.41) is 2.46. The zero-order valence-corrected chi connectivity index (χ0v) is 11.7. The lowest BCUT2D eigenvalue weighted by Gasteiger charge is -2.04. The number of aliphatic imine (C=N–C) groups is 1. The fraction of sp³-hybridized carbons (Fsp3) is 0.0714. The molecule has 0 amide bonds. The van der Waals surface area contributed by atoms with Gasteiger partial charge in [0.1, 0.15) is 0 Å². The molecule has 0 aliphatic heterocycles. The summed E-state index contributed by atoms with van der Waals surface area (Å²) in [6, 6.07) is 12.7. The Hall–Kier alpha value is -1.36. The minimum Gasteiger partial charge on any atom is -0.404 e. The van der Waals surface area contributed by atoms with Crippen molar-refractivity contribution in [3.05, 3.63) is 51.7 Å². The predicted octanol–water partition coefficient (Wildman–Crippen LogP) is 3.44.